The summed E-state index contributed by atoms with van der Waals surface area (Å²) in [6, 6.07) is 19.6. The highest BCUT2D eigenvalue weighted by atomic mass is 32.2. The van der Waals surface area contributed by atoms with Gasteiger partial charge in [0.05, 0.1) is 17.1 Å². The van der Waals surface area contributed by atoms with E-state index in [9.17, 15) is 8.42 Å². The van der Waals surface area contributed by atoms with Gasteiger partial charge in [-0.15, -0.1) is 11.3 Å². The van der Waals surface area contributed by atoms with E-state index in [0.29, 0.717) is 5.88 Å². The van der Waals surface area contributed by atoms with Crippen LogP contribution in [0.3, 0.4) is 0 Å². The maximum atomic E-state index is 12.5. The average Bonchev–Trinajstić information content (AvgIpc) is 3.22. The van der Waals surface area contributed by atoms with Crippen molar-refractivity contribution in [1.29, 1.82) is 0 Å². The minimum Gasteiger partial charge on any atom is -0.361 e. The van der Waals surface area contributed by atoms with Gasteiger partial charge in [-0.1, -0.05) is 36.4 Å². The van der Waals surface area contributed by atoms with Crippen LogP contribution in [0.15, 0.2) is 60.7 Å². The van der Waals surface area contributed by atoms with Crippen LogP contribution in [-0.4, -0.2) is 24.0 Å². The third-order valence-electron chi connectivity index (χ3n) is 4.78. The summed E-state index contributed by atoms with van der Waals surface area (Å²) in [4.78, 5) is 1.01. The lowest BCUT2D eigenvalue weighted by atomic mass is 9.99. The second-order valence-corrected chi connectivity index (χ2v) is 9.33. The van der Waals surface area contributed by atoms with Crippen molar-refractivity contribution in [2.24, 2.45) is 0 Å². The monoisotopic (exact) mass is 396 g/mol. The summed E-state index contributed by atoms with van der Waals surface area (Å²) >= 11 is 1.62. The lowest BCUT2D eigenvalue weighted by Gasteiger charge is -2.23. The molecule has 2 aromatic carbocycles. The van der Waals surface area contributed by atoms with Gasteiger partial charge in [0.1, 0.15) is 0 Å². The topological polar surface area (TPSA) is 61.2 Å². The standard InChI is InChI=1S/C20H16N2O3S2/c1-13-19-16(18-11-14-7-5-6-10-17(14)26-18)12-27(23,24)25-20(19)22(21-13)15-8-3-2-4-9-15/h2-11,16H,12H2,1H3. The van der Waals surface area contributed by atoms with E-state index in [1.807, 2.05) is 55.5 Å². The van der Waals surface area contributed by atoms with E-state index in [1.165, 1.54) is 0 Å². The number of fused-ring (bicyclic) bond motifs is 2. The first kappa shape index (κ1) is 16.5. The molecule has 27 heavy (non-hydrogen) atoms. The predicted octanol–water partition coefficient (Wildman–Crippen LogP) is 4.25. The molecule has 1 aliphatic heterocycles. The van der Waals surface area contributed by atoms with E-state index in [2.05, 4.69) is 17.2 Å². The van der Waals surface area contributed by atoms with Crippen LogP contribution in [-0.2, 0) is 10.1 Å². The van der Waals surface area contributed by atoms with Crippen molar-refractivity contribution in [3.8, 4) is 11.6 Å². The van der Waals surface area contributed by atoms with Crippen LogP contribution in [0, 0.1) is 6.92 Å². The molecular formula is C20H16N2O3S2. The highest BCUT2D eigenvalue weighted by molar-refractivity contribution is 7.87. The fraction of sp³-hybridized carbons (Fsp3) is 0.150. The fourth-order valence-electron chi connectivity index (χ4n) is 3.58. The van der Waals surface area contributed by atoms with Crippen LogP contribution in [0.2, 0.25) is 0 Å². The van der Waals surface area contributed by atoms with Gasteiger partial charge in [-0.2, -0.15) is 18.2 Å². The second kappa shape index (κ2) is 5.94. The molecule has 0 spiro atoms. The average molecular weight is 396 g/mol. The van der Waals surface area contributed by atoms with E-state index in [4.69, 9.17) is 4.18 Å². The quantitative estimate of drug-likeness (QED) is 0.475. The lowest BCUT2D eigenvalue weighted by molar-refractivity contribution is 0.447. The normalized spacial score (nSPS) is 18.2. The molecule has 0 aliphatic carbocycles. The molecule has 136 valence electrons. The first-order chi connectivity index (χ1) is 13.0. The molecule has 0 bridgehead atoms. The van der Waals surface area contributed by atoms with Crippen LogP contribution in [0.25, 0.3) is 15.8 Å². The van der Waals surface area contributed by atoms with Gasteiger partial charge in [0, 0.05) is 21.1 Å². The third-order valence-corrected chi connectivity index (χ3v) is 7.16. The van der Waals surface area contributed by atoms with E-state index in [0.717, 1.165) is 31.9 Å². The van der Waals surface area contributed by atoms with Crippen LogP contribution >= 0.6 is 11.3 Å². The van der Waals surface area contributed by atoms with E-state index in [1.54, 1.807) is 16.0 Å². The Morgan fingerprint density at radius 2 is 1.85 bits per heavy atom. The Labute approximate surface area is 161 Å². The first-order valence-corrected chi connectivity index (χ1v) is 11.0. The molecule has 0 saturated carbocycles. The Bertz CT molecular complexity index is 1220. The molecule has 5 rings (SSSR count). The van der Waals surface area contributed by atoms with Gasteiger partial charge in [-0.25, -0.2) is 0 Å². The molecule has 5 nitrogen and oxygen atoms in total. The van der Waals surface area contributed by atoms with Crippen molar-refractivity contribution in [3.63, 3.8) is 0 Å². The Kier molecular flexibility index (Phi) is 3.63. The Balaban J connectivity index is 1.73. The fourth-order valence-corrected chi connectivity index (χ4v) is 6.09. The molecule has 0 radical (unpaired) electrons. The van der Waals surface area contributed by atoms with E-state index < -0.39 is 10.1 Å². The molecule has 0 fully saturated rings. The van der Waals surface area contributed by atoms with Gasteiger partial charge < -0.3 is 4.18 Å². The van der Waals surface area contributed by atoms with E-state index >= 15 is 0 Å². The first-order valence-electron chi connectivity index (χ1n) is 8.57. The van der Waals surface area contributed by atoms with Gasteiger partial charge >= 0.3 is 10.1 Å². The van der Waals surface area contributed by atoms with E-state index in [-0.39, 0.29) is 11.7 Å². The molecule has 3 heterocycles. The zero-order valence-electron chi connectivity index (χ0n) is 14.5. The number of thiophene rings is 1. The van der Waals surface area contributed by atoms with Crippen LogP contribution in [0.4, 0.5) is 0 Å². The molecule has 0 saturated heterocycles. The molecule has 0 amide bonds. The number of hydrogen-bond acceptors (Lipinski definition) is 5. The number of aromatic nitrogens is 2. The molecule has 0 N–H and O–H groups in total. The lowest BCUT2D eigenvalue weighted by Crippen LogP contribution is -2.26. The summed E-state index contributed by atoms with van der Waals surface area (Å²) in [6.07, 6.45) is 0. The molecular weight excluding hydrogens is 380 g/mol. The number of para-hydroxylation sites is 1. The van der Waals surface area contributed by atoms with Crippen molar-refractivity contribution in [1.82, 2.24) is 9.78 Å². The highest BCUT2D eigenvalue weighted by Gasteiger charge is 2.38. The van der Waals surface area contributed by atoms with Crippen molar-refractivity contribution in [2.45, 2.75) is 12.8 Å². The number of rotatable bonds is 2. The zero-order chi connectivity index (χ0) is 18.6. The minimum atomic E-state index is -3.70. The van der Waals surface area contributed by atoms with Crippen LogP contribution in [0.1, 0.15) is 22.1 Å². The minimum absolute atomic E-state index is 0.0753. The Morgan fingerprint density at radius 3 is 2.63 bits per heavy atom. The summed E-state index contributed by atoms with van der Waals surface area (Å²) in [5.74, 6) is -0.0604. The largest absolute Gasteiger partial charge is 0.361 e. The summed E-state index contributed by atoms with van der Waals surface area (Å²) in [5, 5.41) is 5.71. The Hall–Kier alpha value is -2.64. The van der Waals surface area contributed by atoms with Gasteiger partial charge in [-0.3, -0.25) is 0 Å². The molecule has 2 aromatic heterocycles. The summed E-state index contributed by atoms with van der Waals surface area (Å²) in [5.41, 5.74) is 2.40. The molecule has 1 atom stereocenters. The van der Waals surface area contributed by atoms with Gasteiger partial charge in [0.2, 0.25) is 5.88 Å². The molecule has 1 unspecified atom stereocenters. The van der Waals surface area contributed by atoms with Crippen molar-refractivity contribution in [3.05, 3.63) is 76.8 Å². The maximum Gasteiger partial charge on any atom is 0.311 e. The van der Waals surface area contributed by atoms with Crippen LogP contribution < -0.4 is 4.18 Å². The van der Waals surface area contributed by atoms with Gasteiger partial charge in [0.15, 0.2) is 0 Å². The SMILES string of the molecule is Cc1nn(-c2ccccc2)c2c1C(c1cc3ccccc3s1)CS(=O)(=O)O2. The second-order valence-electron chi connectivity index (χ2n) is 6.60. The van der Waals surface area contributed by atoms with Crippen molar-refractivity contribution in [2.75, 3.05) is 5.75 Å². The molecule has 7 heteroatoms. The summed E-state index contributed by atoms with van der Waals surface area (Å²) in [6.45, 7) is 1.90. The Morgan fingerprint density at radius 1 is 1.11 bits per heavy atom. The third kappa shape index (κ3) is 2.74. The van der Waals surface area contributed by atoms with Crippen molar-refractivity contribution < 1.29 is 12.6 Å². The zero-order valence-corrected chi connectivity index (χ0v) is 16.1. The predicted molar refractivity (Wildman–Crippen MR) is 106 cm³/mol. The molecule has 4 aromatic rings. The number of benzene rings is 2. The van der Waals surface area contributed by atoms with Gasteiger partial charge in [0.25, 0.3) is 0 Å². The summed E-state index contributed by atoms with van der Waals surface area (Å²) in [7, 11) is -3.70. The van der Waals surface area contributed by atoms with Gasteiger partial charge in [-0.05, 0) is 36.6 Å². The number of nitrogens with zero attached hydrogens (tertiary/aromatic N) is 2. The smallest absolute Gasteiger partial charge is 0.311 e. The van der Waals surface area contributed by atoms with Crippen molar-refractivity contribution >= 4 is 31.5 Å². The number of aryl methyl sites for hydroxylation is 1. The highest BCUT2D eigenvalue weighted by Crippen LogP contribution is 2.44. The maximum absolute atomic E-state index is 12.5. The van der Waals surface area contributed by atoms with Crippen LogP contribution in [0.5, 0.6) is 5.88 Å². The number of hydrogen-bond donors (Lipinski definition) is 0. The summed E-state index contributed by atoms with van der Waals surface area (Å²) < 4.78 is 33.3. The molecule has 1 aliphatic rings.